The van der Waals surface area contributed by atoms with E-state index in [1.54, 1.807) is 0 Å². The van der Waals surface area contributed by atoms with Crippen molar-refractivity contribution in [3.05, 3.63) is 83.3 Å². The molecule has 1 heteroatoms. The summed E-state index contributed by atoms with van der Waals surface area (Å²) in [6.45, 7) is 6.81. The van der Waals surface area contributed by atoms with Crippen LogP contribution in [0.3, 0.4) is 0 Å². The summed E-state index contributed by atoms with van der Waals surface area (Å²) in [5.41, 5.74) is 1.60. The van der Waals surface area contributed by atoms with Crippen LogP contribution >= 0.6 is 0 Å². The van der Waals surface area contributed by atoms with E-state index in [0.717, 1.165) is 6.42 Å². The van der Waals surface area contributed by atoms with Crippen LogP contribution < -0.4 is 0 Å². The van der Waals surface area contributed by atoms with E-state index in [0.29, 0.717) is 0 Å². The molecule has 0 spiro atoms. The van der Waals surface area contributed by atoms with Crippen LogP contribution in [-0.4, -0.2) is 0 Å². The van der Waals surface area contributed by atoms with Crippen molar-refractivity contribution in [1.82, 2.24) is 0 Å². The van der Waals surface area contributed by atoms with Crippen molar-refractivity contribution in [3.63, 3.8) is 0 Å². The Morgan fingerprint density at radius 3 is 2.00 bits per heavy atom. The van der Waals surface area contributed by atoms with Crippen molar-refractivity contribution in [3.8, 4) is 0 Å². The highest BCUT2D eigenvalue weighted by Gasteiger charge is 2.30. The van der Waals surface area contributed by atoms with Crippen molar-refractivity contribution in [1.29, 1.82) is 0 Å². The average molecular weight is 322 g/mol. The van der Waals surface area contributed by atoms with Crippen molar-refractivity contribution in [2.24, 2.45) is 0 Å². The lowest BCUT2D eigenvalue weighted by Gasteiger charge is -2.19. The van der Waals surface area contributed by atoms with Crippen LogP contribution in [0.25, 0.3) is 0 Å². The molecule has 0 fully saturated rings. The molecule has 118 valence electrons. The van der Waals surface area contributed by atoms with Crippen LogP contribution in [0.1, 0.15) is 39.2 Å². The van der Waals surface area contributed by atoms with Gasteiger partial charge in [-0.1, -0.05) is 57.2 Å². The first-order chi connectivity index (χ1) is 11.1. The normalized spacial score (nSPS) is 16.0. The van der Waals surface area contributed by atoms with Crippen LogP contribution in [0.5, 0.6) is 0 Å². The molecule has 0 aliphatic heterocycles. The third kappa shape index (κ3) is 3.79. The summed E-state index contributed by atoms with van der Waals surface area (Å²) >= 11 is 0. The third-order valence-corrected chi connectivity index (χ3v) is 6.39. The number of benzene rings is 2. The fraction of sp³-hybridized carbons (Fsp3) is 0.273. The summed E-state index contributed by atoms with van der Waals surface area (Å²) in [5.74, 6) is 0. The molecule has 0 amide bonds. The summed E-state index contributed by atoms with van der Waals surface area (Å²) in [7, 11) is 0.00156. The Hall–Kier alpha value is -1.73. The van der Waals surface area contributed by atoms with Crippen LogP contribution in [0.2, 0.25) is 0 Å². The van der Waals surface area contributed by atoms with Crippen molar-refractivity contribution >= 4 is 10.9 Å². The van der Waals surface area contributed by atoms with Crippen LogP contribution in [-0.2, 0) is 16.3 Å². The van der Waals surface area contributed by atoms with Gasteiger partial charge in [-0.2, -0.15) is 0 Å². The Labute approximate surface area is 143 Å². The van der Waals surface area contributed by atoms with Gasteiger partial charge in [0.1, 0.15) is 0 Å². The lowest BCUT2D eigenvalue weighted by molar-refractivity contribution is 0.589. The molecule has 1 atom stereocenters. The van der Waals surface area contributed by atoms with E-state index >= 15 is 0 Å². The highest BCUT2D eigenvalue weighted by Crippen LogP contribution is 2.34. The van der Waals surface area contributed by atoms with E-state index in [2.05, 4.69) is 93.6 Å². The summed E-state index contributed by atoms with van der Waals surface area (Å²) in [6.07, 6.45) is 9.35. The zero-order valence-electron chi connectivity index (χ0n) is 14.3. The predicted molar refractivity (Wildman–Crippen MR) is 102 cm³/mol. The summed E-state index contributed by atoms with van der Waals surface area (Å²) in [5, 5.41) is 0. The van der Waals surface area contributed by atoms with Gasteiger partial charge in [0.15, 0.2) is 14.7 Å². The molecule has 2 aromatic rings. The molecule has 0 nitrogen and oxygen atoms in total. The lowest BCUT2D eigenvalue weighted by atomic mass is 9.87. The predicted octanol–water partition coefficient (Wildman–Crippen LogP) is 6.25. The second-order valence-electron chi connectivity index (χ2n) is 6.98. The molecule has 1 aliphatic carbocycles. The largest absolute Gasteiger partial charge is 0.166 e. The number of allylic oxidation sites excluding steroid dienone is 3. The number of rotatable bonds is 3. The van der Waals surface area contributed by atoms with Gasteiger partial charge in [-0.25, -0.2) is 0 Å². The molecule has 0 bridgehead atoms. The maximum absolute atomic E-state index is 2.41. The van der Waals surface area contributed by atoms with Gasteiger partial charge in [-0.15, -0.1) is 0 Å². The minimum Gasteiger partial charge on any atom is -0.0792 e. The Balaban J connectivity index is 2.02. The van der Waals surface area contributed by atoms with Gasteiger partial charge in [0.25, 0.3) is 0 Å². The topological polar surface area (TPSA) is 0 Å². The van der Waals surface area contributed by atoms with Gasteiger partial charge in [0.05, 0.1) is 10.9 Å². The van der Waals surface area contributed by atoms with Gasteiger partial charge in [0.2, 0.25) is 0 Å². The second-order valence-corrected chi connectivity index (χ2v) is 9.01. The fourth-order valence-electron chi connectivity index (χ4n) is 2.80. The van der Waals surface area contributed by atoms with Gasteiger partial charge in [-0.05, 0) is 60.2 Å². The summed E-state index contributed by atoms with van der Waals surface area (Å²) in [4.78, 5) is 4.25. The van der Waals surface area contributed by atoms with E-state index in [4.69, 9.17) is 0 Å². The summed E-state index contributed by atoms with van der Waals surface area (Å²) < 4.78 is 0. The molecule has 1 aliphatic rings. The first kappa shape index (κ1) is 16.1. The second kappa shape index (κ2) is 6.80. The summed E-state index contributed by atoms with van der Waals surface area (Å²) in [6, 6.07) is 20.1. The lowest BCUT2D eigenvalue weighted by Crippen LogP contribution is -2.12. The number of hydrogen-bond donors (Lipinski definition) is 0. The van der Waals surface area contributed by atoms with Crippen molar-refractivity contribution in [2.45, 2.75) is 48.8 Å². The van der Waals surface area contributed by atoms with Crippen LogP contribution in [0, 0.1) is 0 Å². The zero-order chi connectivity index (χ0) is 16.3. The highest BCUT2D eigenvalue weighted by atomic mass is 32.2. The maximum Gasteiger partial charge on any atom is 0.166 e. The molecular formula is C22H25S+. The zero-order valence-corrected chi connectivity index (χ0v) is 15.1. The SMILES string of the molecule is CC(C)(C)c1ccc([S+](C2=CCCC=C2)c2ccccc2)cc1. The van der Waals surface area contributed by atoms with E-state index in [1.807, 2.05) is 0 Å². The molecule has 0 radical (unpaired) electrons. The van der Waals surface area contributed by atoms with E-state index in [1.165, 1.54) is 26.7 Å². The Morgan fingerprint density at radius 1 is 0.783 bits per heavy atom. The molecule has 0 saturated carbocycles. The van der Waals surface area contributed by atoms with Crippen molar-refractivity contribution < 1.29 is 0 Å². The Morgan fingerprint density at radius 2 is 1.43 bits per heavy atom. The quantitative estimate of drug-likeness (QED) is 0.586. The van der Waals surface area contributed by atoms with Crippen LogP contribution in [0.15, 0.2) is 87.5 Å². The average Bonchev–Trinajstić information content (AvgIpc) is 2.57. The number of hydrogen-bond acceptors (Lipinski definition) is 0. The Bertz CT molecular complexity index is 700. The molecule has 3 rings (SSSR count). The standard InChI is InChI=1S/C22H25S/c1-22(2,3)18-14-16-21(17-15-18)23(19-10-6-4-7-11-19)20-12-8-5-9-13-20/h4,6-8,10-17H,5,9H2,1-3H3/q+1. The van der Waals surface area contributed by atoms with Gasteiger partial charge < -0.3 is 0 Å². The van der Waals surface area contributed by atoms with Crippen molar-refractivity contribution in [2.75, 3.05) is 0 Å². The van der Waals surface area contributed by atoms with Crippen LogP contribution in [0.4, 0.5) is 0 Å². The molecule has 0 aromatic heterocycles. The Kier molecular flexibility index (Phi) is 4.77. The monoisotopic (exact) mass is 321 g/mol. The van der Waals surface area contributed by atoms with Gasteiger partial charge in [-0.3, -0.25) is 0 Å². The molecule has 0 N–H and O–H groups in total. The van der Waals surface area contributed by atoms with E-state index in [9.17, 15) is 0 Å². The minimum absolute atomic E-state index is 0.00156. The minimum atomic E-state index is 0.00156. The molecule has 0 heterocycles. The molecule has 23 heavy (non-hydrogen) atoms. The smallest absolute Gasteiger partial charge is 0.0792 e. The van der Waals surface area contributed by atoms with E-state index < -0.39 is 0 Å². The molecular weight excluding hydrogens is 296 g/mol. The third-order valence-electron chi connectivity index (χ3n) is 4.13. The van der Waals surface area contributed by atoms with E-state index in [-0.39, 0.29) is 16.3 Å². The first-order valence-corrected chi connectivity index (χ1v) is 9.55. The molecule has 2 aromatic carbocycles. The van der Waals surface area contributed by atoms with Gasteiger partial charge >= 0.3 is 0 Å². The molecule has 1 unspecified atom stereocenters. The van der Waals surface area contributed by atoms with Gasteiger partial charge in [0, 0.05) is 0 Å². The fourth-order valence-corrected chi connectivity index (χ4v) is 4.97. The first-order valence-electron chi connectivity index (χ1n) is 8.32. The highest BCUT2D eigenvalue weighted by molar-refractivity contribution is 8.00. The molecule has 0 saturated heterocycles. The maximum atomic E-state index is 2.41.